The molecule has 320 valence electrons. The van der Waals surface area contributed by atoms with E-state index in [1.165, 1.54) is 37.4 Å². The van der Waals surface area contributed by atoms with Crippen molar-refractivity contribution in [1.29, 1.82) is 0 Å². The lowest BCUT2D eigenvalue weighted by Crippen LogP contribution is -2.22. The van der Waals surface area contributed by atoms with E-state index in [9.17, 15) is 38.4 Å². The maximum atomic E-state index is 14.3. The van der Waals surface area contributed by atoms with Crippen molar-refractivity contribution in [3.8, 4) is 0 Å². The maximum absolute atomic E-state index is 14.3. The highest BCUT2D eigenvalue weighted by molar-refractivity contribution is 7.99. The van der Waals surface area contributed by atoms with Crippen molar-refractivity contribution in [2.45, 2.75) is 59.1 Å². The number of carbonyl (C=O) groups excluding carboxylic acids is 8. The van der Waals surface area contributed by atoms with Crippen molar-refractivity contribution >= 4 is 82.2 Å². The van der Waals surface area contributed by atoms with Crippen LogP contribution in [0.1, 0.15) is 71.4 Å². The summed E-state index contributed by atoms with van der Waals surface area (Å²) >= 11 is 2.59. The fraction of sp³-hybridized carbons (Fsp3) is 0.217. The second-order valence-electron chi connectivity index (χ2n) is 13.6. The third kappa shape index (κ3) is 13.1. The molecule has 1 aliphatic carbocycles. The number of ketones is 2. The standard InChI is InChI=1S/C46H42N2O12S2/c1-27(2)45(55)59-25-23-57-39(51)21-19-37(49)47-29-11-15-31(16-12-29)61-35-9-5-7-33-41(35)44(54)42-34(43(33)53)8-6-10-36(42)62-32-17-13-30(14-18-32)48-38(50)20-22-40(52)58-24-26-60-46(56)28(3)4/h5-18H,1,3,19-26H2,2,4H3,(H,47,49)(H,48,50). The highest BCUT2D eigenvalue weighted by atomic mass is 32.2. The number of esters is 4. The fourth-order valence-electron chi connectivity index (χ4n) is 5.66. The van der Waals surface area contributed by atoms with Crippen LogP contribution in [0.5, 0.6) is 0 Å². The van der Waals surface area contributed by atoms with Crippen molar-refractivity contribution in [3.05, 3.63) is 131 Å². The van der Waals surface area contributed by atoms with Crippen LogP contribution in [0, 0.1) is 0 Å². The molecule has 0 bridgehead atoms. The van der Waals surface area contributed by atoms with Gasteiger partial charge in [-0.1, -0.05) is 60.9 Å². The third-order valence-electron chi connectivity index (χ3n) is 8.70. The summed E-state index contributed by atoms with van der Waals surface area (Å²) in [6, 6.07) is 24.1. The molecule has 62 heavy (non-hydrogen) atoms. The van der Waals surface area contributed by atoms with Crippen molar-refractivity contribution in [1.82, 2.24) is 0 Å². The number of nitrogens with one attached hydrogen (secondary N) is 2. The summed E-state index contributed by atoms with van der Waals surface area (Å²) in [5.41, 5.74) is 2.60. The molecule has 0 aromatic heterocycles. The molecule has 0 saturated carbocycles. The molecule has 5 rings (SSSR count). The van der Waals surface area contributed by atoms with Crippen LogP contribution in [0.25, 0.3) is 0 Å². The number of amides is 2. The van der Waals surface area contributed by atoms with Gasteiger partial charge in [-0.15, -0.1) is 0 Å². The molecule has 1 aliphatic rings. The zero-order valence-electron chi connectivity index (χ0n) is 33.9. The van der Waals surface area contributed by atoms with E-state index in [1.807, 2.05) is 0 Å². The van der Waals surface area contributed by atoms with E-state index in [1.54, 1.807) is 84.9 Å². The van der Waals surface area contributed by atoms with E-state index in [4.69, 9.17) is 18.9 Å². The minimum Gasteiger partial charge on any atom is -0.462 e. The first-order valence-corrected chi connectivity index (χ1v) is 20.8. The van der Waals surface area contributed by atoms with Crippen LogP contribution in [-0.4, -0.2) is 73.7 Å². The molecule has 4 aromatic carbocycles. The number of benzene rings is 4. The first-order chi connectivity index (χ1) is 29.7. The average molecular weight is 879 g/mol. The molecule has 0 spiro atoms. The fourth-order valence-corrected chi connectivity index (χ4v) is 7.62. The second kappa shape index (κ2) is 22.2. The normalized spacial score (nSPS) is 11.3. The van der Waals surface area contributed by atoms with Crippen molar-refractivity contribution < 1.29 is 57.3 Å². The summed E-state index contributed by atoms with van der Waals surface area (Å²) in [6.45, 7) is 9.42. The van der Waals surface area contributed by atoms with E-state index in [-0.39, 0.29) is 86.0 Å². The zero-order valence-corrected chi connectivity index (χ0v) is 35.5. The van der Waals surface area contributed by atoms with Crippen LogP contribution in [0.3, 0.4) is 0 Å². The largest absolute Gasteiger partial charge is 0.462 e. The smallest absolute Gasteiger partial charge is 0.333 e. The quantitative estimate of drug-likeness (QED) is 0.0337. The Balaban J connectivity index is 1.15. The lowest BCUT2D eigenvalue weighted by molar-refractivity contribution is -0.150. The third-order valence-corrected chi connectivity index (χ3v) is 10.8. The van der Waals surface area contributed by atoms with Crippen LogP contribution in [0.4, 0.5) is 11.4 Å². The van der Waals surface area contributed by atoms with Crippen LogP contribution in [0.15, 0.2) is 129 Å². The van der Waals surface area contributed by atoms with Gasteiger partial charge in [0.05, 0.1) is 12.8 Å². The average Bonchev–Trinajstić information content (AvgIpc) is 3.25. The summed E-state index contributed by atoms with van der Waals surface area (Å²) < 4.78 is 19.7. The Morgan fingerprint density at radius 1 is 0.500 bits per heavy atom. The summed E-state index contributed by atoms with van der Waals surface area (Å²) in [4.78, 5) is 103. The summed E-state index contributed by atoms with van der Waals surface area (Å²) in [5, 5.41) is 5.46. The first kappa shape index (κ1) is 46.3. The molecular formula is C46H42N2O12S2. The Morgan fingerprint density at radius 2 is 0.871 bits per heavy atom. The topological polar surface area (TPSA) is 198 Å². The summed E-state index contributed by atoms with van der Waals surface area (Å²) in [7, 11) is 0. The minimum absolute atomic E-state index is 0.119. The molecule has 0 aliphatic heterocycles. The van der Waals surface area contributed by atoms with Crippen molar-refractivity contribution in [3.63, 3.8) is 0 Å². The zero-order chi connectivity index (χ0) is 44.8. The molecule has 0 heterocycles. The molecule has 4 aromatic rings. The Kier molecular flexibility index (Phi) is 16.6. The number of anilines is 2. The Bertz CT molecular complexity index is 2260. The molecule has 14 nitrogen and oxygen atoms in total. The van der Waals surface area contributed by atoms with Crippen molar-refractivity contribution in [2.24, 2.45) is 0 Å². The van der Waals surface area contributed by atoms with Gasteiger partial charge >= 0.3 is 23.9 Å². The number of hydrogen-bond donors (Lipinski definition) is 2. The maximum Gasteiger partial charge on any atom is 0.333 e. The van der Waals surface area contributed by atoms with Gasteiger partial charge in [-0.25, -0.2) is 9.59 Å². The lowest BCUT2D eigenvalue weighted by Gasteiger charge is -2.22. The van der Waals surface area contributed by atoms with Gasteiger partial charge in [-0.3, -0.25) is 28.8 Å². The summed E-state index contributed by atoms with van der Waals surface area (Å²) in [6.07, 6.45) is -0.582. The van der Waals surface area contributed by atoms with Crippen LogP contribution < -0.4 is 10.6 Å². The predicted molar refractivity (Wildman–Crippen MR) is 230 cm³/mol. The highest BCUT2D eigenvalue weighted by Gasteiger charge is 2.34. The molecule has 16 heteroatoms. The van der Waals surface area contributed by atoms with Crippen LogP contribution in [-0.2, 0) is 47.7 Å². The number of hydrogen-bond acceptors (Lipinski definition) is 14. The highest BCUT2D eigenvalue weighted by Crippen LogP contribution is 2.41. The molecule has 0 atom stereocenters. The van der Waals surface area contributed by atoms with E-state index in [2.05, 4.69) is 23.8 Å². The minimum atomic E-state index is -0.613. The van der Waals surface area contributed by atoms with E-state index in [0.29, 0.717) is 32.3 Å². The van der Waals surface area contributed by atoms with Gasteiger partial charge in [0.25, 0.3) is 0 Å². The number of carbonyl (C=O) groups is 8. The molecule has 2 amide bonds. The first-order valence-electron chi connectivity index (χ1n) is 19.2. The Morgan fingerprint density at radius 3 is 1.24 bits per heavy atom. The number of ether oxygens (including phenoxy) is 4. The second-order valence-corrected chi connectivity index (χ2v) is 15.9. The van der Waals surface area contributed by atoms with Gasteiger partial charge in [0.15, 0.2) is 11.6 Å². The van der Waals surface area contributed by atoms with Gasteiger partial charge in [-0.2, -0.15) is 0 Å². The molecule has 0 radical (unpaired) electrons. The van der Waals surface area contributed by atoms with E-state index in [0.717, 1.165) is 9.79 Å². The van der Waals surface area contributed by atoms with Crippen LogP contribution in [0.2, 0.25) is 0 Å². The molecule has 2 N–H and O–H groups in total. The number of rotatable bonds is 20. The molecule has 0 fully saturated rings. The van der Waals surface area contributed by atoms with Gasteiger partial charge < -0.3 is 29.6 Å². The van der Waals surface area contributed by atoms with Gasteiger partial charge in [0, 0.05) is 77.2 Å². The van der Waals surface area contributed by atoms with Gasteiger partial charge in [-0.05, 0) is 74.5 Å². The van der Waals surface area contributed by atoms with E-state index < -0.39 is 35.7 Å². The predicted octanol–water partition coefficient (Wildman–Crippen LogP) is 7.53. The van der Waals surface area contributed by atoms with Gasteiger partial charge in [0.2, 0.25) is 11.8 Å². The van der Waals surface area contributed by atoms with Crippen molar-refractivity contribution in [2.75, 3.05) is 37.1 Å². The molecule has 0 saturated heterocycles. The Labute approximate surface area is 365 Å². The monoisotopic (exact) mass is 878 g/mol. The number of fused-ring (bicyclic) bond motifs is 2. The Hall–Kier alpha value is -6.78. The summed E-state index contributed by atoms with van der Waals surface area (Å²) in [5.74, 6) is -3.78. The molecule has 0 unspecified atom stereocenters. The lowest BCUT2D eigenvalue weighted by atomic mass is 9.84. The van der Waals surface area contributed by atoms with Crippen LogP contribution >= 0.6 is 23.5 Å². The SMILES string of the molecule is C=C(C)C(=O)OCCOC(=O)CCC(=O)Nc1ccc(Sc2cccc3c2C(=O)c2c(Sc4ccc(NC(=O)CCC(=O)OCCOC(=O)C(=C)C)cc4)cccc2C3=O)cc1. The molecular weight excluding hydrogens is 837 g/mol. The van der Waals surface area contributed by atoms with Gasteiger partial charge in [0.1, 0.15) is 26.4 Å². The van der Waals surface area contributed by atoms with E-state index >= 15 is 0 Å².